The number of thioether (sulfide) groups is 1. The minimum Gasteiger partial charge on any atom is -0.317 e. The highest BCUT2D eigenvalue weighted by Crippen LogP contribution is 1.97. The van der Waals surface area contributed by atoms with Gasteiger partial charge in [0.25, 0.3) is 0 Å². The van der Waals surface area contributed by atoms with E-state index in [-0.39, 0.29) is 0 Å². The van der Waals surface area contributed by atoms with Crippen LogP contribution in [-0.4, -0.2) is 30.4 Å². The first-order chi connectivity index (χ1) is 5.91. The Bertz CT molecular complexity index is 70.9. The molecule has 0 atom stereocenters. The van der Waals surface area contributed by atoms with E-state index in [1.165, 1.54) is 44.5 Å². The normalized spacial score (nSPS) is 10.5. The number of hydrogen-bond donors (Lipinski definition) is 1. The molecule has 3 heteroatoms. The highest BCUT2D eigenvalue weighted by molar-refractivity contribution is 9.09. The first kappa shape index (κ1) is 12.8. The van der Waals surface area contributed by atoms with Crippen LogP contribution < -0.4 is 5.32 Å². The molecule has 0 bridgehead atoms. The van der Waals surface area contributed by atoms with E-state index >= 15 is 0 Å². The van der Waals surface area contributed by atoms with Crippen LogP contribution in [0, 0.1) is 0 Å². The zero-order valence-electron chi connectivity index (χ0n) is 7.94. The van der Waals surface area contributed by atoms with Crippen molar-refractivity contribution in [2.24, 2.45) is 0 Å². The Balaban J connectivity index is 2.73. The van der Waals surface area contributed by atoms with Gasteiger partial charge in [-0.05, 0) is 44.4 Å². The predicted octanol–water partition coefficient (Wildman–Crippen LogP) is 2.89. The van der Waals surface area contributed by atoms with Gasteiger partial charge in [0, 0.05) is 5.33 Å². The number of nitrogens with one attached hydrogen (secondary N) is 1. The zero-order valence-corrected chi connectivity index (χ0v) is 10.3. The van der Waals surface area contributed by atoms with E-state index in [2.05, 4.69) is 27.5 Å². The van der Waals surface area contributed by atoms with Crippen LogP contribution in [0.1, 0.15) is 25.7 Å². The van der Waals surface area contributed by atoms with E-state index in [1.54, 1.807) is 0 Å². The third kappa shape index (κ3) is 10.8. The second-order valence-corrected chi connectivity index (χ2v) is 4.62. The average molecular weight is 254 g/mol. The second kappa shape index (κ2) is 11.8. The molecule has 0 aliphatic rings. The molecule has 0 aromatic heterocycles. The SMILES string of the molecule is CSCCCNCCCCCBr. The summed E-state index contributed by atoms with van der Waals surface area (Å²) in [5.74, 6) is 1.29. The molecule has 12 heavy (non-hydrogen) atoms. The lowest BCUT2D eigenvalue weighted by atomic mass is 10.2. The molecular formula is C9H20BrNS. The molecule has 0 aromatic carbocycles. The Kier molecular flexibility index (Phi) is 12.6. The van der Waals surface area contributed by atoms with Crippen LogP contribution in [0.5, 0.6) is 0 Å². The van der Waals surface area contributed by atoms with Gasteiger partial charge in [0.15, 0.2) is 0 Å². The van der Waals surface area contributed by atoms with E-state index in [0.29, 0.717) is 0 Å². The van der Waals surface area contributed by atoms with Gasteiger partial charge in [-0.2, -0.15) is 11.8 Å². The van der Waals surface area contributed by atoms with Gasteiger partial charge < -0.3 is 5.32 Å². The number of unbranched alkanes of at least 4 members (excludes halogenated alkanes) is 2. The molecule has 0 amide bonds. The Hall–Kier alpha value is 0.790. The molecule has 0 rings (SSSR count). The summed E-state index contributed by atoms with van der Waals surface area (Å²) in [5, 5.41) is 4.60. The highest BCUT2D eigenvalue weighted by atomic mass is 79.9. The number of rotatable bonds is 9. The highest BCUT2D eigenvalue weighted by Gasteiger charge is 1.88. The maximum absolute atomic E-state index is 3.45. The van der Waals surface area contributed by atoms with Gasteiger partial charge in [-0.3, -0.25) is 0 Å². The summed E-state index contributed by atoms with van der Waals surface area (Å²) in [6.45, 7) is 2.39. The first-order valence-electron chi connectivity index (χ1n) is 4.67. The van der Waals surface area contributed by atoms with Gasteiger partial charge in [0.2, 0.25) is 0 Å². The molecule has 0 radical (unpaired) electrons. The fourth-order valence-electron chi connectivity index (χ4n) is 0.988. The first-order valence-corrected chi connectivity index (χ1v) is 7.19. The maximum atomic E-state index is 3.45. The van der Waals surface area contributed by atoms with Crippen molar-refractivity contribution >= 4 is 27.7 Å². The molecule has 0 fully saturated rings. The summed E-state index contributed by atoms with van der Waals surface area (Å²) >= 11 is 5.36. The Morgan fingerprint density at radius 2 is 1.83 bits per heavy atom. The van der Waals surface area contributed by atoms with E-state index in [4.69, 9.17) is 0 Å². The molecule has 74 valence electrons. The van der Waals surface area contributed by atoms with Crippen molar-refractivity contribution in [1.29, 1.82) is 0 Å². The fraction of sp³-hybridized carbons (Fsp3) is 1.00. The summed E-state index contributed by atoms with van der Waals surface area (Å²) in [6, 6.07) is 0. The van der Waals surface area contributed by atoms with Crippen molar-refractivity contribution in [2.45, 2.75) is 25.7 Å². The standard InChI is InChI=1S/C9H20BrNS/c1-12-9-5-8-11-7-4-2-3-6-10/h11H,2-9H2,1H3. The largest absolute Gasteiger partial charge is 0.317 e. The van der Waals surface area contributed by atoms with Crippen molar-refractivity contribution < 1.29 is 0 Å². The van der Waals surface area contributed by atoms with Crippen molar-refractivity contribution in [1.82, 2.24) is 5.32 Å². The number of hydrogen-bond acceptors (Lipinski definition) is 2. The quantitative estimate of drug-likeness (QED) is 0.501. The Labute approximate surface area is 89.2 Å². The summed E-state index contributed by atoms with van der Waals surface area (Å²) < 4.78 is 0. The third-order valence-electron chi connectivity index (χ3n) is 1.69. The molecule has 0 aromatic rings. The van der Waals surface area contributed by atoms with Crippen molar-refractivity contribution in [2.75, 3.05) is 30.4 Å². The lowest BCUT2D eigenvalue weighted by Crippen LogP contribution is -2.17. The second-order valence-electron chi connectivity index (χ2n) is 2.85. The van der Waals surface area contributed by atoms with Gasteiger partial charge in [0.05, 0.1) is 0 Å². The Morgan fingerprint density at radius 1 is 1.08 bits per heavy atom. The summed E-state index contributed by atoms with van der Waals surface area (Å²) in [6.07, 6.45) is 7.45. The van der Waals surface area contributed by atoms with E-state index < -0.39 is 0 Å². The minimum atomic E-state index is 1.15. The fourth-order valence-corrected chi connectivity index (χ4v) is 1.82. The molecule has 0 saturated carbocycles. The maximum Gasteiger partial charge on any atom is 0.00313 e. The van der Waals surface area contributed by atoms with E-state index in [1.807, 2.05) is 11.8 Å². The molecule has 0 heterocycles. The minimum absolute atomic E-state index is 1.15. The monoisotopic (exact) mass is 253 g/mol. The van der Waals surface area contributed by atoms with Gasteiger partial charge in [-0.25, -0.2) is 0 Å². The van der Waals surface area contributed by atoms with Crippen LogP contribution in [0.25, 0.3) is 0 Å². The van der Waals surface area contributed by atoms with E-state index in [0.717, 1.165) is 5.33 Å². The molecule has 1 nitrogen and oxygen atoms in total. The van der Waals surface area contributed by atoms with Gasteiger partial charge in [-0.15, -0.1) is 0 Å². The van der Waals surface area contributed by atoms with Gasteiger partial charge >= 0.3 is 0 Å². The lowest BCUT2D eigenvalue weighted by molar-refractivity contribution is 0.615. The van der Waals surface area contributed by atoms with Crippen molar-refractivity contribution in [3.8, 4) is 0 Å². The van der Waals surface area contributed by atoms with Gasteiger partial charge in [-0.1, -0.05) is 22.4 Å². The molecule has 1 N–H and O–H groups in total. The van der Waals surface area contributed by atoms with Crippen LogP contribution >= 0.6 is 27.7 Å². The van der Waals surface area contributed by atoms with Crippen LogP contribution in [0.3, 0.4) is 0 Å². The van der Waals surface area contributed by atoms with Gasteiger partial charge in [0.1, 0.15) is 0 Å². The molecule has 0 saturated heterocycles. The summed E-state index contributed by atoms with van der Waals surface area (Å²) in [4.78, 5) is 0. The topological polar surface area (TPSA) is 12.0 Å². The zero-order chi connectivity index (χ0) is 9.07. The smallest absolute Gasteiger partial charge is 0.00313 e. The van der Waals surface area contributed by atoms with Crippen molar-refractivity contribution in [3.05, 3.63) is 0 Å². The Morgan fingerprint density at radius 3 is 2.50 bits per heavy atom. The molecule has 0 aliphatic heterocycles. The van der Waals surface area contributed by atoms with Crippen LogP contribution in [-0.2, 0) is 0 Å². The average Bonchev–Trinajstić information content (AvgIpc) is 2.10. The molecular weight excluding hydrogens is 234 g/mol. The van der Waals surface area contributed by atoms with Crippen LogP contribution in [0.4, 0.5) is 0 Å². The molecule has 0 aliphatic carbocycles. The van der Waals surface area contributed by atoms with Crippen molar-refractivity contribution in [3.63, 3.8) is 0 Å². The number of halogens is 1. The lowest BCUT2D eigenvalue weighted by Gasteiger charge is -2.02. The third-order valence-corrected chi connectivity index (χ3v) is 2.95. The number of alkyl halides is 1. The summed E-state index contributed by atoms with van der Waals surface area (Å²) in [7, 11) is 0. The predicted molar refractivity (Wildman–Crippen MR) is 63.5 cm³/mol. The molecule has 0 spiro atoms. The summed E-state index contributed by atoms with van der Waals surface area (Å²) in [5.41, 5.74) is 0. The van der Waals surface area contributed by atoms with E-state index in [9.17, 15) is 0 Å². The molecule has 0 unspecified atom stereocenters. The van der Waals surface area contributed by atoms with Crippen LogP contribution in [0.2, 0.25) is 0 Å². The van der Waals surface area contributed by atoms with Crippen LogP contribution in [0.15, 0.2) is 0 Å².